The van der Waals surface area contributed by atoms with Gasteiger partial charge in [0.25, 0.3) is 0 Å². The molecule has 1 aromatic carbocycles. The molecule has 0 N–H and O–H groups in total. The van der Waals surface area contributed by atoms with Crippen LogP contribution in [0.5, 0.6) is 0 Å². The van der Waals surface area contributed by atoms with Crippen LogP contribution in [0.15, 0.2) is 53.1 Å². The Labute approximate surface area is 136 Å². The molecule has 0 radical (unpaired) electrons. The fourth-order valence-electron chi connectivity index (χ4n) is 2.86. The summed E-state index contributed by atoms with van der Waals surface area (Å²) in [6, 6.07) is 12.7. The summed E-state index contributed by atoms with van der Waals surface area (Å²) in [5.74, 6) is 0.611. The van der Waals surface area contributed by atoms with Crippen LogP contribution in [0.4, 0.5) is 0 Å². The van der Waals surface area contributed by atoms with E-state index in [1.807, 2.05) is 30.3 Å². The zero-order valence-corrected chi connectivity index (χ0v) is 13.9. The fraction of sp³-hybridized carbons (Fsp3) is 0.375. The van der Waals surface area contributed by atoms with Gasteiger partial charge in [0.1, 0.15) is 11.0 Å². The lowest BCUT2D eigenvalue weighted by atomic mass is 10.0. The minimum Gasteiger partial charge on any atom is -0.468 e. The maximum atomic E-state index is 13.0. The van der Waals surface area contributed by atoms with Gasteiger partial charge in [0.05, 0.1) is 25.5 Å². The highest BCUT2D eigenvalue weighted by atomic mass is 32.2. The summed E-state index contributed by atoms with van der Waals surface area (Å²) in [6.07, 6.45) is 1.54. The van der Waals surface area contributed by atoms with Crippen LogP contribution in [0.3, 0.4) is 0 Å². The number of hydrogen-bond acceptors (Lipinski definition) is 5. The van der Waals surface area contributed by atoms with Crippen LogP contribution >= 0.6 is 0 Å². The Hall–Kier alpha value is -1.67. The minimum atomic E-state index is -3.54. The summed E-state index contributed by atoms with van der Waals surface area (Å²) < 4.78 is 32.5. The van der Waals surface area contributed by atoms with Crippen molar-refractivity contribution in [2.45, 2.75) is 17.8 Å². The van der Waals surface area contributed by atoms with Gasteiger partial charge in [-0.25, -0.2) is 8.42 Å². The van der Waals surface area contributed by atoms with Crippen molar-refractivity contribution < 1.29 is 17.7 Å². The molecule has 1 aromatic heterocycles. The molecule has 6 nitrogen and oxygen atoms in total. The van der Waals surface area contributed by atoms with Crippen LogP contribution in [0.1, 0.15) is 17.4 Å². The molecule has 0 spiro atoms. The Morgan fingerprint density at radius 3 is 2.61 bits per heavy atom. The average Bonchev–Trinajstić information content (AvgIpc) is 3.17. The van der Waals surface area contributed by atoms with Crippen molar-refractivity contribution in [1.29, 1.82) is 0 Å². The van der Waals surface area contributed by atoms with Crippen molar-refractivity contribution in [1.82, 2.24) is 9.37 Å². The van der Waals surface area contributed by atoms with Gasteiger partial charge in [-0.1, -0.05) is 30.3 Å². The van der Waals surface area contributed by atoms with Crippen LogP contribution in [0.2, 0.25) is 0 Å². The van der Waals surface area contributed by atoms with E-state index in [-0.39, 0.29) is 19.2 Å². The highest BCUT2D eigenvalue weighted by Crippen LogP contribution is 2.34. The van der Waals surface area contributed by atoms with E-state index in [0.717, 1.165) is 5.56 Å². The van der Waals surface area contributed by atoms with E-state index >= 15 is 0 Å². The molecule has 0 bridgehead atoms. The maximum Gasteiger partial charge on any atom is 0.221 e. The second kappa shape index (κ2) is 6.45. The van der Waals surface area contributed by atoms with Crippen LogP contribution in [0, 0.1) is 0 Å². The van der Waals surface area contributed by atoms with Gasteiger partial charge >= 0.3 is 0 Å². The fourth-order valence-corrected chi connectivity index (χ4v) is 4.52. The lowest BCUT2D eigenvalue weighted by Gasteiger charge is -2.26. The molecule has 1 aliphatic rings. The van der Waals surface area contributed by atoms with Crippen LogP contribution < -0.4 is 0 Å². The Morgan fingerprint density at radius 2 is 1.96 bits per heavy atom. The second-order valence-corrected chi connectivity index (χ2v) is 7.88. The summed E-state index contributed by atoms with van der Waals surface area (Å²) in [7, 11) is -0.207. The maximum absolute atomic E-state index is 13.0. The number of rotatable bonds is 5. The number of benzene rings is 1. The molecule has 0 amide bonds. The first-order valence-corrected chi connectivity index (χ1v) is 8.88. The van der Waals surface area contributed by atoms with E-state index in [9.17, 15) is 8.42 Å². The molecule has 2 unspecified atom stereocenters. The van der Waals surface area contributed by atoms with Gasteiger partial charge in [-0.2, -0.15) is 9.37 Å². The van der Waals surface area contributed by atoms with E-state index in [0.29, 0.717) is 5.76 Å². The summed E-state index contributed by atoms with van der Waals surface area (Å²) in [5.41, 5.74) is 0.924. The van der Waals surface area contributed by atoms with E-state index in [4.69, 9.17) is 9.25 Å². The molecule has 1 aliphatic heterocycles. The smallest absolute Gasteiger partial charge is 0.221 e. The van der Waals surface area contributed by atoms with Crippen molar-refractivity contribution in [3.8, 4) is 0 Å². The number of nitrogens with zero attached hydrogens (tertiary/aromatic N) is 2. The van der Waals surface area contributed by atoms with Crippen molar-refractivity contribution in [2.75, 3.05) is 20.7 Å². The second-order valence-electron chi connectivity index (χ2n) is 5.62. The lowest BCUT2D eigenvalue weighted by Crippen LogP contribution is -2.40. The standard InChI is InChI=1S/C16H20N2O4S/c1-17(11-14-9-6-10-21-14)23(19,20)15-12-22-18(2)16(15)13-7-4-3-5-8-13/h3-10,15-16H,11-12H2,1-2H3. The molecule has 0 aliphatic carbocycles. The Kier molecular flexibility index (Phi) is 4.54. The number of hydroxylamine groups is 2. The predicted molar refractivity (Wildman–Crippen MR) is 85.8 cm³/mol. The zero-order chi connectivity index (χ0) is 16.4. The van der Waals surface area contributed by atoms with Crippen molar-refractivity contribution in [2.24, 2.45) is 0 Å². The number of furan rings is 1. The van der Waals surface area contributed by atoms with Crippen LogP contribution in [-0.4, -0.2) is 43.7 Å². The summed E-state index contributed by atoms with van der Waals surface area (Å²) in [4.78, 5) is 5.51. The van der Waals surface area contributed by atoms with E-state index in [2.05, 4.69) is 0 Å². The average molecular weight is 336 g/mol. The normalized spacial score (nSPS) is 22.7. The molecule has 0 saturated carbocycles. The van der Waals surface area contributed by atoms with Crippen LogP contribution in [-0.2, 0) is 21.4 Å². The molecule has 1 saturated heterocycles. The van der Waals surface area contributed by atoms with Gasteiger partial charge in [-0.15, -0.1) is 0 Å². The summed E-state index contributed by atoms with van der Waals surface area (Å²) in [6.45, 7) is 0.345. The lowest BCUT2D eigenvalue weighted by molar-refractivity contribution is -0.110. The molecule has 2 heterocycles. The Balaban J connectivity index is 1.86. The van der Waals surface area contributed by atoms with Crippen molar-refractivity contribution in [3.05, 3.63) is 60.1 Å². The quantitative estimate of drug-likeness (QED) is 0.836. The molecule has 2 atom stereocenters. The van der Waals surface area contributed by atoms with Crippen molar-refractivity contribution >= 4 is 10.0 Å². The van der Waals surface area contributed by atoms with Crippen LogP contribution in [0.25, 0.3) is 0 Å². The van der Waals surface area contributed by atoms with Gasteiger partial charge in [-0.3, -0.25) is 4.84 Å². The Bertz CT molecular complexity index is 731. The summed E-state index contributed by atoms with van der Waals surface area (Å²) >= 11 is 0. The molecule has 124 valence electrons. The number of hydrogen-bond donors (Lipinski definition) is 0. The molecule has 2 aromatic rings. The molecular formula is C16H20N2O4S. The predicted octanol–water partition coefficient (Wildman–Crippen LogP) is 2.03. The van der Waals surface area contributed by atoms with Gasteiger partial charge in [-0.05, 0) is 17.7 Å². The molecular weight excluding hydrogens is 316 g/mol. The van der Waals surface area contributed by atoms with Gasteiger partial charge in [0.2, 0.25) is 10.0 Å². The van der Waals surface area contributed by atoms with E-state index < -0.39 is 15.3 Å². The highest BCUT2D eigenvalue weighted by Gasteiger charge is 2.44. The van der Waals surface area contributed by atoms with E-state index in [1.54, 1.807) is 31.3 Å². The van der Waals surface area contributed by atoms with Gasteiger partial charge in [0.15, 0.2) is 0 Å². The molecule has 1 fully saturated rings. The topological polar surface area (TPSA) is 63.0 Å². The Morgan fingerprint density at radius 1 is 1.22 bits per heavy atom. The SMILES string of the molecule is CN1OCC(S(=O)(=O)N(C)Cc2ccco2)C1c1ccccc1. The third kappa shape index (κ3) is 3.18. The third-order valence-electron chi connectivity index (χ3n) is 4.10. The first-order valence-electron chi connectivity index (χ1n) is 7.38. The van der Waals surface area contributed by atoms with Crippen molar-refractivity contribution in [3.63, 3.8) is 0 Å². The van der Waals surface area contributed by atoms with Gasteiger partial charge in [0, 0.05) is 14.1 Å². The first-order chi connectivity index (χ1) is 11.0. The monoisotopic (exact) mass is 336 g/mol. The number of sulfonamides is 1. The van der Waals surface area contributed by atoms with E-state index in [1.165, 1.54) is 10.6 Å². The minimum absolute atomic E-state index is 0.140. The molecule has 3 rings (SSSR count). The largest absolute Gasteiger partial charge is 0.468 e. The molecule has 7 heteroatoms. The highest BCUT2D eigenvalue weighted by molar-refractivity contribution is 7.89. The third-order valence-corrected chi connectivity index (χ3v) is 6.26. The first kappa shape index (κ1) is 16.2. The van der Waals surface area contributed by atoms with Gasteiger partial charge < -0.3 is 4.42 Å². The molecule has 23 heavy (non-hydrogen) atoms. The zero-order valence-electron chi connectivity index (χ0n) is 13.1. The summed E-state index contributed by atoms with van der Waals surface area (Å²) in [5, 5.41) is 0.966.